The number of rotatable bonds is 8. The molecular formula is C25H17F3IN3O6. The van der Waals surface area contributed by atoms with Crippen molar-refractivity contribution in [1.82, 2.24) is 0 Å². The van der Waals surface area contributed by atoms with Gasteiger partial charge < -0.3 is 19.5 Å². The molecule has 3 rings (SSSR count). The van der Waals surface area contributed by atoms with Crippen molar-refractivity contribution in [1.29, 1.82) is 5.26 Å². The molecule has 0 bridgehead atoms. The smallest absolute Gasteiger partial charge is 0.416 e. The highest BCUT2D eigenvalue weighted by Crippen LogP contribution is 2.42. The zero-order valence-corrected chi connectivity index (χ0v) is 21.8. The van der Waals surface area contributed by atoms with Gasteiger partial charge >= 0.3 is 11.9 Å². The van der Waals surface area contributed by atoms with E-state index in [0.29, 0.717) is 32.7 Å². The van der Waals surface area contributed by atoms with E-state index in [0.717, 1.165) is 6.07 Å². The van der Waals surface area contributed by atoms with Crippen molar-refractivity contribution >= 4 is 45.9 Å². The minimum Gasteiger partial charge on any atom is -0.497 e. The summed E-state index contributed by atoms with van der Waals surface area (Å²) < 4.78 is 55.4. The Kier molecular flexibility index (Phi) is 8.79. The van der Waals surface area contributed by atoms with Crippen molar-refractivity contribution in [2.75, 3.05) is 19.5 Å². The third-order valence-corrected chi connectivity index (χ3v) is 5.77. The van der Waals surface area contributed by atoms with Gasteiger partial charge in [-0.15, -0.1) is 0 Å². The molecule has 0 unspecified atom stereocenters. The van der Waals surface area contributed by atoms with Crippen LogP contribution in [0.25, 0.3) is 6.08 Å². The fourth-order valence-corrected chi connectivity index (χ4v) is 3.88. The number of methoxy groups -OCH3 is 2. The summed E-state index contributed by atoms with van der Waals surface area (Å²) in [4.78, 5) is 23.0. The van der Waals surface area contributed by atoms with Crippen molar-refractivity contribution in [2.24, 2.45) is 0 Å². The van der Waals surface area contributed by atoms with Crippen molar-refractivity contribution in [3.63, 3.8) is 0 Å². The number of carbonyl (C=O) groups excluding carboxylic acids is 1. The molecule has 0 heterocycles. The van der Waals surface area contributed by atoms with E-state index in [2.05, 4.69) is 5.32 Å². The zero-order valence-electron chi connectivity index (χ0n) is 19.6. The lowest BCUT2D eigenvalue weighted by atomic mass is 10.1. The number of nitriles is 1. The number of nitro groups is 1. The number of halogens is 4. The summed E-state index contributed by atoms with van der Waals surface area (Å²) in [5.74, 6) is -0.462. The van der Waals surface area contributed by atoms with Gasteiger partial charge in [0.2, 0.25) is 5.75 Å². The number of carbonyl (C=O) groups is 1. The van der Waals surface area contributed by atoms with E-state index in [9.17, 15) is 33.3 Å². The van der Waals surface area contributed by atoms with E-state index >= 15 is 0 Å². The predicted molar refractivity (Wildman–Crippen MR) is 139 cm³/mol. The van der Waals surface area contributed by atoms with Crippen LogP contribution in [0, 0.1) is 25.0 Å². The Bertz CT molecular complexity index is 1450. The number of hydrogen-bond donors (Lipinski definition) is 1. The summed E-state index contributed by atoms with van der Waals surface area (Å²) in [5, 5.41) is 23.5. The largest absolute Gasteiger partial charge is 0.497 e. The lowest BCUT2D eigenvalue weighted by molar-refractivity contribution is -0.385. The minimum atomic E-state index is -4.78. The molecule has 13 heteroatoms. The Morgan fingerprint density at radius 2 is 1.76 bits per heavy atom. The molecule has 3 aromatic rings. The number of ether oxygens (including phenoxy) is 3. The average Bonchev–Trinajstić information content (AvgIpc) is 2.88. The van der Waals surface area contributed by atoms with Gasteiger partial charge in [0.1, 0.15) is 17.4 Å². The Balaban J connectivity index is 1.93. The predicted octanol–water partition coefficient (Wildman–Crippen LogP) is 6.57. The first-order valence-electron chi connectivity index (χ1n) is 10.4. The monoisotopic (exact) mass is 639 g/mol. The molecule has 1 amide bonds. The number of benzene rings is 3. The van der Waals surface area contributed by atoms with E-state index in [1.165, 1.54) is 32.4 Å². The number of anilines is 1. The van der Waals surface area contributed by atoms with Crippen LogP contribution in [0.3, 0.4) is 0 Å². The molecule has 0 saturated carbocycles. The van der Waals surface area contributed by atoms with Crippen LogP contribution in [0.1, 0.15) is 11.1 Å². The van der Waals surface area contributed by atoms with Crippen LogP contribution in [-0.2, 0) is 11.0 Å². The van der Waals surface area contributed by atoms with E-state index in [1.54, 1.807) is 24.3 Å². The molecule has 0 saturated heterocycles. The van der Waals surface area contributed by atoms with Crippen LogP contribution in [0.4, 0.5) is 24.5 Å². The number of nitrogens with zero attached hydrogens (tertiary/aromatic N) is 2. The molecule has 1 N–H and O–H groups in total. The molecule has 9 nitrogen and oxygen atoms in total. The van der Waals surface area contributed by atoms with E-state index in [-0.39, 0.29) is 17.1 Å². The van der Waals surface area contributed by atoms with E-state index < -0.39 is 34.0 Å². The highest BCUT2D eigenvalue weighted by atomic mass is 127. The fraction of sp³-hybridized carbons (Fsp3) is 0.120. The topological polar surface area (TPSA) is 124 Å². The molecule has 0 fully saturated rings. The van der Waals surface area contributed by atoms with Gasteiger partial charge in [-0.3, -0.25) is 14.9 Å². The number of alkyl halides is 3. The van der Waals surface area contributed by atoms with Gasteiger partial charge in [0.05, 0.1) is 28.3 Å². The summed E-state index contributed by atoms with van der Waals surface area (Å²) in [6.45, 7) is 0. The molecule has 38 heavy (non-hydrogen) atoms. The third kappa shape index (κ3) is 6.71. The van der Waals surface area contributed by atoms with Crippen LogP contribution >= 0.6 is 22.6 Å². The van der Waals surface area contributed by atoms with Crippen LogP contribution in [-0.4, -0.2) is 25.1 Å². The van der Waals surface area contributed by atoms with Crippen LogP contribution in [0.2, 0.25) is 0 Å². The second-order valence-corrected chi connectivity index (χ2v) is 8.59. The molecule has 3 aromatic carbocycles. The molecule has 0 spiro atoms. The molecule has 0 aromatic heterocycles. The summed E-state index contributed by atoms with van der Waals surface area (Å²) in [5.41, 5.74) is -1.52. The maximum atomic E-state index is 13.0. The normalized spacial score (nSPS) is 11.3. The van der Waals surface area contributed by atoms with Gasteiger partial charge in [0.15, 0.2) is 11.5 Å². The minimum absolute atomic E-state index is 0.00528. The molecular weight excluding hydrogens is 622 g/mol. The van der Waals surface area contributed by atoms with Gasteiger partial charge in [0, 0.05) is 11.8 Å². The fourth-order valence-electron chi connectivity index (χ4n) is 3.14. The molecule has 0 atom stereocenters. The first kappa shape index (κ1) is 28.3. The van der Waals surface area contributed by atoms with Crippen molar-refractivity contribution in [2.45, 2.75) is 6.18 Å². The van der Waals surface area contributed by atoms with Crippen LogP contribution < -0.4 is 19.5 Å². The highest BCUT2D eigenvalue weighted by Gasteiger charge is 2.33. The van der Waals surface area contributed by atoms with E-state index in [4.69, 9.17) is 14.2 Å². The van der Waals surface area contributed by atoms with Crippen LogP contribution in [0.5, 0.6) is 23.0 Å². The van der Waals surface area contributed by atoms with Crippen molar-refractivity contribution in [3.05, 3.63) is 85.0 Å². The second kappa shape index (κ2) is 11.8. The molecule has 0 aliphatic rings. The number of nitrogens with one attached hydrogen (secondary N) is 1. The van der Waals surface area contributed by atoms with E-state index in [1.807, 2.05) is 28.7 Å². The van der Waals surface area contributed by atoms with Gasteiger partial charge in [0.25, 0.3) is 5.91 Å². The van der Waals surface area contributed by atoms with Crippen molar-refractivity contribution in [3.8, 4) is 29.1 Å². The van der Waals surface area contributed by atoms with Gasteiger partial charge in [-0.1, -0.05) is 0 Å². The first-order chi connectivity index (χ1) is 18.0. The Hall–Kier alpha value is -4.32. The molecule has 196 valence electrons. The maximum Gasteiger partial charge on any atom is 0.416 e. The third-order valence-electron chi connectivity index (χ3n) is 4.97. The summed E-state index contributed by atoms with van der Waals surface area (Å²) in [7, 11) is 2.79. The average molecular weight is 639 g/mol. The Morgan fingerprint density at radius 1 is 1.08 bits per heavy atom. The summed E-state index contributed by atoms with van der Waals surface area (Å²) >= 11 is 1.83. The van der Waals surface area contributed by atoms with Gasteiger partial charge in [-0.05, 0) is 82.8 Å². The first-order valence-corrected chi connectivity index (χ1v) is 11.5. The summed E-state index contributed by atoms with van der Waals surface area (Å²) in [6, 6.07) is 13.1. The molecule has 0 aliphatic carbocycles. The highest BCUT2D eigenvalue weighted by molar-refractivity contribution is 14.1. The molecule has 0 radical (unpaired) electrons. The molecule has 0 aliphatic heterocycles. The second-order valence-electron chi connectivity index (χ2n) is 7.43. The number of nitro benzene ring substituents is 1. The quantitative estimate of drug-likeness (QED) is 0.0972. The standard InChI is InChI=1S/C25H17F3IN3O6/c1-36-18-6-4-17(5-7-18)31-24(33)15(13-30)9-14-10-19(29)23(22(11-14)37-2)38-21-8-3-16(25(26,27)28)12-20(21)32(34)35/h3-12H,1-2H3,(H,31,33)/b15-9+. The number of amides is 1. The Morgan fingerprint density at radius 3 is 2.32 bits per heavy atom. The lowest BCUT2D eigenvalue weighted by Gasteiger charge is -2.14. The Labute approximate surface area is 227 Å². The maximum absolute atomic E-state index is 13.0. The van der Waals surface area contributed by atoms with Gasteiger partial charge in [-0.25, -0.2) is 0 Å². The SMILES string of the molecule is COc1ccc(NC(=O)/C(C#N)=C/c2cc(I)c(Oc3ccc(C(F)(F)F)cc3[N+](=O)[O-])c(OC)c2)cc1. The zero-order chi connectivity index (χ0) is 28.0. The number of hydrogen-bond acceptors (Lipinski definition) is 7. The lowest BCUT2D eigenvalue weighted by Crippen LogP contribution is -2.13. The van der Waals surface area contributed by atoms with Crippen LogP contribution in [0.15, 0.2) is 60.2 Å². The van der Waals surface area contributed by atoms with Gasteiger partial charge in [-0.2, -0.15) is 18.4 Å². The van der Waals surface area contributed by atoms with Crippen molar-refractivity contribution < 1.29 is 37.1 Å². The summed E-state index contributed by atoms with van der Waals surface area (Å²) in [6.07, 6.45) is -3.48.